The molecule has 0 radical (unpaired) electrons. The normalized spacial score (nSPS) is 17.4. The molecule has 6 rings (SSSR count). The fourth-order valence-corrected chi connectivity index (χ4v) is 5.23. The Balaban J connectivity index is 1.43. The van der Waals surface area contributed by atoms with Gasteiger partial charge < -0.3 is 15.3 Å². The summed E-state index contributed by atoms with van der Waals surface area (Å²) in [5.41, 5.74) is 3.54. The number of carbonyl (C=O) groups excluding carboxylic acids is 2. The molecule has 2 amide bonds. The molecule has 4 aromatic rings. The molecular weight excluding hydrogens is 438 g/mol. The molecule has 1 atom stereocenters. The number of hydrogen-bond donors (Lipinski definition) is 2. The van der Waals surface area contributed by atoms with E-state index in [1.807, 2.05) is 54.6 Å². The summed E-state index contributed by atoms with van der Waals surface area (Å²) in [5, 5.41) is 18.1. The predicted molar refractivity (Wildman–Crippen MR) is 124 cm³/mol. The second-order valence-electron chi connectivity index (χ2n) is 8.36. The van der Waals surface area contributed by atoms with Crippen molar-refractivity contribution in [3.8, 4) is 5.69 Å². The summed E-state index contributed by atoms with van der Waals surface area (Å²) in [4.78, 5) is 32.3. The molecule has 0 unspecified atom stereocenters. The molecule has 0 saturated heterocycles. The van der Waals surface area contributed by atoms with Crippen molar-refractivity contribution in [1.82, 2.24) is 19.7 Å². The third-order valence-corrected chi connectivity index (χ3v) is 7.14. The van der Waals surface area contributed by atoms with Crippen LogP contribution in [0, 0.1) is 5.92 Å². The summed E-state index contributed by atoms with van der Waals surface area (Å²) in [5.74, 6) is -0.250. The molecule has 1 aliphatic heterocycles. The maximum absolute atomic E-state index is 13.7. The van der Waals surface area contributed by atoms with Gasteiger partial charge in [-0.15, -0.1) is 0 Å². The van der Waals surface area contributed by atoms with Crippen molar-refractivity contribution in [2.45, 2.75) is 25.4 Å². The number of para-hydroxylation sites is 1. The van der Waals surface area contributed by atoms with E-state index in [4.69, 9.17) is 0 Å². The lowest BCUT2D eigenvalue weighted by Crippen LogP contribution is -2.31. The fourth-order valence-electron chi connectivity index (χ4n) is 4.31. The SMILES string of the molecule is O=C(Nc1nc2c(s1)c(C(=O)N1Cc3ccccc3[C@@H]1CO)nn2-c1ccccc1)C1CC1. The molecule has 2 N–H and O–H groups in total. The van der Waals surface area contributed by atoms with Crippen LogP contribution in [0.15, 0.2) is 54.6 Å². The summed E-state index contributed by atoms with van der Waals surface area (Å²) in [6.45, 7) is 0.237. The van der Waals surface area contributed by atoms with Gasteiger partial charge in [-0.2, -0.15) is 10.1 Å². The average Bonchev–Trinajstić information content (AvgIpc) is 3.39. The van der Waals surface area contributed by atoms with Crippen molar-refractivity contribution < 1.29 is 14.7 Å². The van der Waals surface area contributed by atoms with Gasteiger partial charge in [-0.1, -0.05) is 53.8 Å². The van der Waals surface area contributed by atoms with Crippen LogP contribution in [0.3, 0.4) is 0 Å². The molecule has 9 heteroatoms. The zero-order valence-corrected chi connectivity index (χ0v) is 18.5. The van der Waals surface area contributed by atoms with E-state index in [9.17, 15) is 14.7 Å². The lowest BCUT2D eigenvalue weighted by Gasteiger charge is -2.22. The van der Waals surface area contributed by atoms with Crippen molar-refractivity contribution in [3.05, 3.63) is 71.4 Å². The maximum Gasteiger partial charge on any atom is 0.276 e. The standard InChI is InChI=1S/C24H21N5O3S/c30-13-18-17-9-5-4-6-15(17)12-28(18)23(32)19-20-21(29(27-19)16-7-2-1-3-8-16)25-24(33-20)26-22(31)14-10-11-14/h1-9,14,18,30H,10-13H2,(H,25,26,31)/t18-/m0/s1. The second kappa shape index (κ2) is 7.79. The number of carbonyl (C=O) groups is 2. The van der Waals surface area contributed by atoms with Crippen LogP contribution in [0.25, 0.3) is 16.0 Å². The van der Waals surface area contributed by atoms with Gasteiger partial charge in [0.1, 0.15) is 4.70 Å². The first-order valence-corrected chi connectivity index (χ1v) is 11.7. The largest absolute Gasteiger partial charge is 0.394 e. The van der Waals surface area contributed by atoms with E-state index < -0.39 is 6.04 Å². The Hall–Kier alpha value is -3.56. The number of thiazole rings is 1. The Kier molecular flexibility index (Phi) is 4.74. The number of nitrogens with one attached hydrogen (secondary N) is 1. The minimum Gasteiger partial charge on any atom is -0.394 e. The van der Waals surface area contributed by atoms with Gasteiger partial charge in [0.15, 0.2) is 16.5 Å². The molecule has 1 saturated carbocycles. The molecular formula is C24H21N5O3S. The highest BCUT2D eigenvalue weighted by molar-refractivity contribution is 7.22. The summed E-state index contributed by atoms with van der Waals surface area (Å²) >= 11 is 1.26. The van der Waals surface area contributed by atoms with Gasteiger partial charge in [-0.05, 0) is 36.1 Å². The zero-order chi connectivity index (χ0) is 22.5. The van der Waals surface area contributed by atoms with E-state index in [0.717, 1.165) is 29.7 Å². The van der Waals surface area contributed by atoms with Crippen molar-refractivity contribution in [2.75, 3.05) is 11.9 Å². The highest BCUT2D eigenvalue weighted by Crippen LogP contribution is 2.38. The predicted octanol–water partition coefficient (Wildman–Crippen LogP) is 3.52. The lowest BCUT2D eigenvalue weighted by molar-refractivity contribution is -0.117. The Morgan fingerprint density at radius 3 is 2.61 bits per heavy atom. The summed E-state index contributed by atoms with van der Waals surface area (Å²) in [6, 6.07) is 16.8. The van der Waals surface area contributed by atoms with E-state index in [0.29, 0.717) is 22.0 Å². The molecule has 0 bridgehead atoms. The number of rotatable bonds is 5. The Labute approximate surface area is 193 Å². The fraction of sp³-hybridized carbons (Fsp3) is 0.250. The highest BCUT2D eigenvalue weighted by Gasteiger charge is 2.36. The van der Waals surface area contributed by atoms with Crippen molar-refractivity contribution in [3.63, 3.8) is 0 Å². The molecule has 0 spiro atoms. The Morgan fingerprint density at radius 1 is 1.09 bits per heavy atom. The summed E-state index contributed by atoms with van der Waals surface area (Å²) in [7, 11) is 0. The Bertz CT molecular complexity index is 1380. The maximum atomic E-state index is 13.7. The van der Waals surface area contributed by atoms with Gasteiger partial charge in [0, 0.05) is 12.5 Å². The molecule has 166 valence electrons. The number of aliphatic hydroxyl groups is 1. The molecule has 8 nitrogen and oxygen atoms in total. The van der Waals surface area contributed by atoms with Crippen LogP contribution in [0.2, 0.25) is 0 Å². The first kappa shape index (κ1) is 20.1. The monoisotopic (exact) mass is 459 g/mol. The van der Waals surface area contributed by atoms with Gasteiger partial charge in [0.25, 0.3) is 5.91 Å². The molecule has 1 aliphatic carbocycles. The highest BCUT2D eigenvalue weighted by atomic mass is 32.1. The number of anilines is 1. The Morgan fingerprint density at radius 2 is 1.85 bits per heavy atom. The van der Waals surface area contributed by atoms with E-state index in [1.54, 1.807) is 9.58 Å². The molecule has 1 fully saturated rings. The average molecular weight is 460 g/mol. The van der Waals surface area contributed by atoms with Crippen LogP contribution < -0.4 is 5.32 Å². The smallest absolute Gasteiger partial charge is 0.276 e. The summed E-state index contributed by atoms with van der Waals surface area (Å²) < 4.78 is 2.26. The number of amides is 2. The van der Waals surface area contributed by atoms with E-state index >= 15 is 0 Å². The molecule has 3 heterocycles. The van der Waals surface area contributed by atoms with E-state index in [1.165, 1.54) is 11.3 Å². The number of aromatic nitrogens is 3. The number of hydrogen-bond acceptors (Lipinski definition) is 6. The van der Waals surface area contributed by atoms with Gasteiger partial charge in [-0.25, -0.2) is 4.68 Å². The molecule has 2 aliphatic rings. The second-order valence-corrected chi connectivity index (χ2v) is 9.36. The molecule has 2 aromatic heterocycles. The van der Waals surface area contributed by atoms with Crippen LogP contribution in [0.5, 0.6) is 0 Å². The summed E-state index contributed by atoms with van der Waals surface area (Å²) in [6.07, 6.45) is 1.80. The van der Waals surface area contributed by atoms with E-state index in [2.05, 4.69) is 15.4 Å². The minimum absolute atomic E-state index is 0.0335. The number of benzene rings is 2. The molecule has 2 aromatic carbocycles. The quantitative estimate of drug-likeness (QED) is 0.476. The minimum atomic E-state index is -0.424. The van der Waals surface area contributed by atoms with Crippen molar-refractivity contribution >= 4 is 38.6 Å². The number of aliphatic hydroxyl groups excluding tert-OH is 1. The van der Waals surface area contributed by atoms with Crippen LogP contribution in [0.4, 0.5) is 5.13 Å². The van der Waals surface area contributed by atoms with Gasteiger partial charge >= 0.3 is 0 Å². The topological polar surface area (TPSA) is 100 Å². The third-order valence-electron chi connectivity index (χ3n) is 6.17. The number of nitrogens with zero attached hydrogens (tertiary/aromatic N) is 4. The van der Waals surface area contributed by atoms with Gasteiger partial charge in [0.2, 0.25) is 5.91 Å². The number of fused-ring (bicyclic) bond motifs is 2. The van der Waals surface area contributed by atoms with Crippen LogP contribution in [-0.4, -0.2) is 43.2 Å². The van der Waals surface area contributed by atoms with Crippen LogP contribution >= 0.6 is 11.3 Å². The van der Waals surface area contributed by atoms with Crippen molar-refractivity contribution in [2.24, 2.45) is 5.92 Å². The zero-order valence-electron chi connectivity index (χ0n) is 17.6. The van der Waals surface area contributed by atoms with Gasteiger partial charge in [-0.3, -0.25) is 9.59 Å². The molecule has 33 heavy (non-hydrogen) atoms. The third kappa shape index (κ3) is 3.40. The van der Waals surface area contributed by atoms with E-state index in [-0.39, 0.29) is 30.0 Å². The first-order valence-electron chi connectivity index (χ1n) is 10.9. The van der Waals surface area contributed by atoms with Crippen LogP contribution in [-0.2, 0) is 11.3 Å². The first-order chi connectivity index (χ1) is 16.1. The lowest BCUT2D eigenvalue weighted by atomic mass is 10.1. The van der Waals surface area contributed by atoms with Crippen molar-refractivity contribution in [1.29, 1.82) is 0 Å². The van der Waals surface area contributed by atoms with Crippen LogP contribution in [0.1, 0.15) is 40.5 Å². The van der Waals surface area contributed by atoms with Gasteiger partial charge in [0.05, 0.1) is 18.3 Å².